The summed E-state index contributed by atoms with van der Waals surface area (Å²) in [4.78, 5) is 37.8. The average Bonchev–Trinajstić information content (AvgIpc) is 2.91. The van der Waals surface area contributed by atoms with E-state index in [4.69, 9.17) is 0 Å². The molecule has 1 aliphatic heterocycles. The zero-order valence-corrected chi connectivity index (χ0v) is 15.4. The van der Waals surface area contributed by atoms with Gasteiger partial charge in [0.1, 0.15) is 12.4 Å². The van der Waals surface area contributed by atoms with Crippen LogP contribution in [0.2, 0.25) is 0 Å². The molecule has 5 nitrogen and oxygen atoms in total. The van der Waals surface area contributed by atoms with Gasteiger partial charge in [0.25, 0.3) is 11.1 Å². The van der Waals surface area contributed by atoms with E-state index in [1.54, 1.807) is 12.1 Å². The van der Waals surface area contributed by atoms with E-state index >= 15 is 0 Å². The molecule has 2 aromatic rings. The van der Waals surface area contributed by atoms with E-state index in [2.05, 4.69) is 5.32 Å². The highest BCUT2D eigenvalue weighted by molar-refractivity contribution is 8.18. The smallest absolute Gasteiger partial charge is 0.294 e. The Hall–Kier alpha value is -2.93. The molecule has 0 atom stereocenters. The monoisotopic (exact) mass is 384 g/mol. The first-order valence-electron chi connectivity index (χ1n) is 8.36. The van der Waals surface area contributed by atoms with Gasteiger partial charge in [0.15, 0.2) is 0 Å². The number of nitrogens with one attached hydrogen (secondary N) is 1. The Balaban J connectivity index is 1.69. The number of imide groups is 1. The molecule has 0 spiro atoms. The third kappa shape index (κ3) is 4.43. The van der Waals surface area contributed by atoms with Gasteiger partial charge in [-0.05, 0) is 47.5 Å². The second-order valence-electron chi connectivity index (χ2n) is 5.89. The van der Waals surface area contributed by atoms with Gasteiger partial charge in [0, 0.05) is 0 Å². The van der Waals surface area contributed by atoms with Crippen molar-refractivity contribution >= 4 is 40.6 Å². The molecule has 1 aliphatic rings. The minimum Gasteiger partial charge on any atom is -0.322 e. The highest BCUT2D eigenvalue weighted by Crippen LogP contribution is 2.32. The summed E-state index contributed by atoms with van der Waals surface area (Å²) in [7, 11) is 0. The van der Waals surface area contributed by atoms with E-state index < -0.39 is 29.4 Å². The number of anilines is 1. The van der Waals surface area contributed by atoms with E-state index in [1.807, 2.05) is 31.2 Å². The van der Waals surface area contributed by atoms with E-state index in [9.17, 15) is 18.8 Å². The highest BCUT2D eigenvalue weighted by Gasteiger charge is 2.36. The van der Waals surface area contributed by atoms with Crippen LogP contribution in [0.4, 0.5) is 14.9 Å². The Morgan fingerprint density at radius 2 is 1.85 bits per heavy atom. The summed E-state index contributed by atoms with van der Waals surface area (Å²) in [6.45, 7) is 1.58. The van der Waals surface area contributed by atoms with Gasteiger partial charge >= 0.3 is 0 Å². The van der Waals surface area contributed by atoms with Crippen LogP contribution in [0.3, 0.4) is 0 Å². The van der Waals surface area contributed by atoms with E-state index in [0.717, 1.165) is 28.6 Å². The SMILES string of the molecule is CCc1ccc(C=C2SC(=O)N(CC(=O)Nc3ccccc3F)C2=O)cc1. The summed E-state index contributed by atoms with van der Waals surface area (Å²) >= 11 is 0.782. The average molecular weight is 384 g/mol. The van der Waals surface area contributed by atoms with Crippen LogP contribution in [0.25, 0.3) is 6.08 Å². The number of amides is 3. The first kappa shape index (κ1) is 18.8. The summed E-state index contributed by atoms with van der Waals surface area (Å²) in [6, 6.07) is 13.3. The van der Waals surface area contributed by atoms with Gasteiger partial charge in [-0.25, -0.2) is 4.39 Å². The normalized spacial score (nSPS) is 15.5. The fraction of sp³-hybridized carbons (Fsp3) is 0.150. The molecule has 0 radical (unpaired) electrons. The molecule has 1 fully saturated rings. The largest absolute Gasteiger partial charge is 0.322 e. The summed E-state index contributed by atoms with van der Waals surface area (Å²) in [5.74, 6) is -1.76. The molecule has 2 aromatic carbocycles. The Morgan fingerprint density at radius 1 is 1.15 bits per heavy atom. The molecule has 0 aliphatic carbocycles. The van der Waals surface area contributed by atoms with E-state index in [0.29, 0.717) is 0 Å². The molecule has 1 heterocycles. The van der Waals surface area contributed by atoms with Gasteiger partial charge in [-0.15, -0.1) is 0 Å². The van der Waals surface area contributed by atoms with Crippen molar-refractivity contribution in [3.05, 3.63) is 70.4 Å². The molecule has 27 heavy (non-hydrogen) atoms. The number of hydrogen-bond acceptors (Lipinski definition) is 4. The lowest BCUT2D eigenvalue weighted by atomic mass is 10.1. The van der Waals surface area contributed by atoms with Crippen molar-refractivity contribution in [1.82, 2.24) is 4.90 Å². The van der Waals surface area contributed by atoms with Crippen molar-refractivity contribution in [3.8, 4) is 0 Å². The summed E-state index contributed by atoms with van der Waals surface area (Å²) in [5.41, 5.74) is 1.97. The van der Waals surface area contributed by atoms with Gasteiger partial charge in [0.05, 0.1) is 10.6 Å². The number of rotatable bonds is 5. The summed E-state index contributed by atoms with van der Waals surface area (Å²) in [6.07, 6.45) is 2.53. The fourth-order valence-electron chi connectivity index (χ4n) is 2.53. The first-order chi connectivity index (χ1) is 13.0. The Kier molecular flexibility index (Phi) is 5.71. The molecule has 1 saturated heterocycles. The van der Waals surface area contributed by atoms with Crippen LogP contribution in [0.5, 0.6) is 0 Å². The van der Waals surface area contributed by atoms with Crippen LogP contribution in [0.15, 0.2) is 53.4 Å². The molecule has 138 valence electrons. The van der Waals surface area contributed by atoms with Crippen LogP contribution >= 0.6 is 11.8 Å². The lowest BCUT2D eigenvalue weighted by molar-refractivity contribution is -0.127. The maximum absolute atomic E-state index is 13.6. The molecule has 0 aromatic heterocycles. The first-order valence-corrected chi connectivity index (χ1v) is 9.18. The standard InChI is InChI=1S/C20H17FN2O3S/c1-2-13-7-9-14(10-8-13)11-17-19(25)23(20(26)27-17)12-18(24)22-16-6-4-3-5-15(16)21/h3-11H,2,12H2,1H3,(H,22,24). The van der Waals surface area contributed by atoms with Crippen molar-refractivity contribution in [2.45, 2.75) is 13.3 Å². The zero-order valence-electron chi connectivity index (χ0n) is 14.6. The lowest BCUT2D eigenvalue weighted by Gasteiger charge is -2.12. The molecule has 3 rings (SSSR count). The maximum atomic E-state index is 13.6. The van der Waals surface area contributed by atoms with E-state index in [-0.39, 0.29) is 10.6 Å². The number of carbonyl (C=O) groups excluding carboxylic acids is 3. The predicted octanol–water partition coefficient (Wildman–Crippen LogP) is 4.06. The lowest BCUT2D eigenvalue weighted by Crippen LogP contribution is -2.36. The van der Waals surface area contributed by atoms with Crippen molar-refractivity contribution in [3.63, 3.8) is 0 Å². The molecule has 3 amide bonds. The molecular formula is C20H17FN2O3S. The Labute approximate surface area is 160 Å². The molecular weight excluding hydrogens is 367 g/mol. The second kappa shape index (κ2) is 8.18. The highest BCUT2D eigenvalue weighted by atomic mass is 32.2. The van der Waals surface area contributed by atoms with Crippen molar-refractivity contribution in [2.75, 3.05) is 11.9 Å². The third-order valence-corrected chi connectivity index (χ3v) is 4.92. The van der Waals surface area contributed by atoms with Crippen molar-refractivity contribution < 1.29 is 18.8 Å². The Morgan fingerprint density at radius 3 is 2.52 bits per heavy atom. The van der Waals surface area contributed by atoms with Crippen LogP contribution in [-0.2, 0) is 16.0 Å². The topological polar surface area (TPSA) is 66.5 Å². The molecule has 0 saturated carbocycles. The summed E-state index contributed by atoms with van der Waals surface area (Å²) < 4.78 is 13.6. The summed E-state index contributed by atoms with van der Waals surface area (Å²) in [5, 5.41) is 1.84. The number of thioether (sulfide) groups is 1. The molecule has 0 unspecified atom stereocenters. The number of aryl methyl sites for hydroxylation is 1. The van der Waals surface area contributed by atoms with Gasteiger partial charge in [-0.3, -0.25) is 19.3 Å². The minimum atomic E-state index is -0.643. The van der Waals surface area contributed by atoms with E-state index in [1.165, 1.54) is 23.8 Å². The van der Waals surface area contributed by atoms with Crippen LogP contribution < -0.4 is 5.32 Å². The van der Waals surface area contributed by atoms with Crippen molar-refractivity contribution in [2.24, 2.45) is 0 Å². The van der Waals surface area contributed by atoms with Gasteiger partial charge < -0.3 is 5.32 Å². The third-order valence-electron chi connectivity index (χ3n) is 4.01. The molecule has 7 heteroatoms. The van der Waals surface area contributed by atoms with Crippen LogP contribution in [0, 0.1) is 5.82 Å². The number of benzene rings is 2. The van der Waals surface area contributed by atoms with Gasteiger partial charge in [-0.2, -0.15) is 0 Å². The number of hydrogen-bond donors (Lipinski definition) is 1. The predicted molar refractivity (Wildman–Crippen MR) is 104 cm³/mol. The number of halogens is 1. The van der Waals surface area contributed by atoms with Crippen LogP contribution in [0.1, 0.15) is 18.1 Å². The maximum Gasteiger partial charge on any atom is 0.294 e. The number of nitrogens with zero attached hydrogens (tertiary/aromatic N) is 1. The quantitative estimate of drug-likeness (QED) is 0.790. The number of carbonyl (C=O) groups is 3. The van der Waals surface area contributed by atoms with Gasteiger partial charge in [-0.1, -0.05) is 43.3 Å². The zero-order chi connectivity index (χ0) is 19.4. The second-order valence-corrected chi connectivity index (χ2v) is 6.88. The van der Waals surface area contributed by atoms with Crippen molar-refractivity contribution in [1.29, 1.82) is 0 Å². The Bertz CT molecular complexity index is 925. The van der Waals surface area contributed by atoms with Gasteiger partial charge in [0.2, 0.25) is 5.91 Å². The molecule has 1 N–H and O–H groups in total. The fourth-order valence-corrected chi connectivity index (χ4v) is 3.37. The minimum absolute atomic E-state index is 0.000951. The van der Waals surface area contributed by atoms with Crippen LogP contribution in [-0.4, -0.2) is 28.5 Å². The number of para-hydroxylation sites is 1. The molecule has 0 bridgehead atoms.